The van der Waals surface area contributed by atoms with Crippen molar-refractivity contribution in [2.75, 3.05) is 57.3 Å². The molecule has 3 nitrogen and oxygen atoms in total. The minimum atomic E-state index is 1.15. The molecule has 0 aromatic rings. The summed E-state index contributed by atoms with van der Waals surface area (Å²) in [4.78, 5) is 5.15. The lowest BCUT2D eigenvalue weighted by atomic mass is 10.3. The van der Waals surface area contributed by atoms with E-state index < -0.39 is 0 Å². The summed E-state index contributed by atoms with van der Waals surface area (Å²) in [5.74, 6) is 0. The minimum Gasteiger partial charge on any atom is -0.320 e. The lowest BCUT2D eigenvalue weighted by Crippen LogP contribution is -2.47. The molecule has 0 saturated carbocycles. The molecule has 0 atom stereocenters. The molecule has 1 saturated heterocycles. The van der Waals surface area contributed by atoms with Crippen LogP contribution in [-0.2, 0) is 0 Å². The highest BCUT2D eigenvalue weighted by molar-refractivity contribution is 14.1. The summed E-state index contributed by atoms with van der Waals surface area (Å²) in [7, 11) is 2.03. The lowest BCUT2D eigenvalue weighted by molar-refractivity contribution is 0.138. The zero-order valence-electron chi connectivity index (χ0n) is 9.14. The number of nitrogens with zero attached hydrogens (tertiary/aromatic N) is 2. The highest BCUT2D eigenvalue weighted by Gasteiger charge is 2.14. The van der Waals surface area contributed by atoms with Crippen LogP contribution in [0, 0.1) is 0 Å². The summed E-state index contributed by atoms with van der Waals surface area (Å²) in [6.07, 6.45) is 1.28. The molecule has 14 heavy (non-hydrogen) atoms. The lowest BCUT2D eigenvalue weighted by Gasteiger charge is -2.34. The van der Waals surface area contributed by atoms with Crippen LogP contribution < -0.4 is 5.32 Å². The Morgan fingerprint density at radius 3 is 2.14 bits per heavy atom. The molecule has 0 aliphatic carbocycles. The van der Waals surface area contributed by atoms with Crippen molar-refractivity contribution in [3.05, 3.63) is 0 Å². The van der Waals surface area contributed by atoms with Crippen molar-refractivity contribution >= 4 is 22.6 Å². The summed E-state index contributed by atoms with van der Waals surface area (Å²) < 4.78 is 1.26. The molecule has 1 fully saturated rings. The van der Waals surface area contributed by atoms with Crippen molar-refractivity contribution in [3.8, 4) is 0 Å². The van der Waals surface area contributed by atoms with E-state index in [-0.39, 0.29) is 0 Å². The third-order valence-corrected chi connectivity index (χ3v) is 3.25. The summed E-state index contributed by atoms with van der Waals surface area (Å²) in [5, 5.41) is 3.20. The van der Waals surface area contributed by atoms with E-state index in [2.05, 4.69) is 37.7 Å². The van der Waals surface area contributed by atoms with Crippen LogP contribution in [0.15, 0.2) is 0 Å². The van der Waals surface area contributed by atoms with Crippen LogP contribution in [0.25, 0.3) is 0 Å². The molecule has 0 aromatic carbocycles. The molecular weight excluding hydrogens is 289 g/mol. The highest BCUT2D eigenvalue weighted by atomic mass is 127. The second-order valence-corrected chi connectivity index (χ2v) is 4.91. The Hall–Kier alpha value is 0.610. The van der Waals surface area contributed by atoms with Crippen molar-refractivity contribution in [3.63, 3.8) is 0 Å². The van der Waals surface area contributed by atoms with E-state index in [1.165, 1.54) is 50.1 Å². The third kappa shape index (κ3) is 4.91. The molecule has 0 amide bonds. The Balaban J connectivity index is 2.03. The van der Waals surface area contributed by atoms with Gasteiger partial charge in [0.2, 0.25) is 0 Å². The second kappa shape index (κ2) is 7.84. The molecule has 1 aliphatic heterocycles. The number of hydrogen-bond donors (Lipinski definition) is 1. The molecule has 0 aromatic heterocycles. The van der Waals surface area contributed by atoms with E-state index in [1.54, 1.807) is 0 Å². The molecular formula is C10H22IN3. The van der Waals surface area contributed by atoms with Gasteiger partial charge in [0, 0.05) is 37.2 Å². The number of hydrogen-bond acceptors (Lipinski definition) is 3. The van der Waals surface area contributed by atoms with E-state index in [0.29, 0.717) is 0 Å². The fourth-order valence-corrected chi connectivity index (χ4v) is 2.52. The summed E-state index contributed by atoms with van der Waals surface area (Å²) in [6.45, 7) is 8.74. The molecule has 1 N–H and O–H groups in total. The van der Waals surface area contributed by atoms with Gasteiger partial charge in [-0.15, -0.1) is 0 Å². The number of halogens is 1. The van der Waals surface area contributed by atoms with E-state index in [1.807, 2.05) is 7.05 Å². The predicted octanol–water partition coefficient (Wildman–Crippen LogP) is 0.649. The Morgan fingerprint density at radius 1 is 1.07 bits per heavy atom. The van der Waals surface area contributed by atoms with Crippen LogP contribution in [0.1, 0.15) is 6.42 Å². The van der Waals surface area contributed by atoms with E-state index in [9.17, 15) is 0 Å². The van der Waals surface area contributed by atoms with E-state index in [0.717, 1.165) is 6.54 Å². The third-order valence-electron chi connectivity index (χ3n) is 2.77. The molecule has 0 bridgehead atoms. The van der Waals surface area contributed by atoms with Gasteiger partial charge in [0.15, 0.2) is 0 Å². The van der Waals surface area contributed by atoms with Crippen LogP contribution in [0.2, 0.25) is 0 Å². The van der Waals surface area contributed by atoms with Crippen molar-refractivity contribution in [2.45, 2.75) is 6.42 Å². The molecule has 84 valence electrons. The minimum absolute atomic E-state index is 1.15. The van der Waals surface area contributed by atoms with E-state index >= 15 is 0 Å². The zero-order valence-corrected chi connectivity index (χ0v) is 11.3. The van der Waals surface area contributed by atoms with Gasteiger partial charge >= 0.3 is 0 Å². The Bertz CT molecular complexity index is 135. The number of alkyl halides is 1. The SMILES string of the molecule is CNCCCN1CCN(CCI)CC1. The van der Waals surface area contributed by atoms with Crippen molar-refractivity contribution in [1.82, 2.24) is 15.1 Å². The van der Waals surface area contributed by atoms with Crippen LogP contribution in [0.4, 0.5) is 0 Å². The van der Waals surface area contributed by atoms with Gasteiger partial charge in [-0.1, -0.05) is 22.6 Å². The van der Waals surface area contributed by atoms with Crippen LogP contribution in [0.5, 0.6) is 0 Å². The van der Waals surface area contributed by atoms with E-state index in [4.69, 9.17) is 0 Å². The van der Waals surface area contributed by atoms with Gasteiger partial charge in [-0.05, 0) is 26.6 Å². The molecule has 1 rings (SSSR count). The first-order chi connectivity index (χ1) is 6.86. The van der Waals surface area contributed by atoms with Crippen molar-refractivity contribution in [2.24, 2.45) is 0 Å². The van der Waals surface area contributed by atoms with Gasteiger partial charge in [-0.3, -0.25) is 0 Å². The van der Waals surface area contributed by atoms with Gasteiger partial charge in [0.25, 0.3) is 0 Å². The second-order valence-electron chi connectivity index (χ2n) is 3.83. The standard InChI is InChI=1S/C10H22IN3/c1-12-4-2-5-13-7-9-14(6-3-11)10-8-13/h12H,2-10H2,1H3. The average molecular weight is 311 g/mol. The van der Waals surface area contributed by atoms with Gasteiger partial charge in [0.1, 0.15) is 0 Å². The quantitative estimate of drug-likeness (QED) is 0.441. The normalized spacial score (nSPS) is 20.1. The molecule has 0 spiro atoms. The first-order valence-corrected chi connectivity index (χ1v) is 7.04. The first kappa shape index (κ1) is 12.7. The van der Waals surface area contributed by atoms with Crippen LogP contribution in [-0.4, -0.2) is 67.1 Å². The maximum absolute atomic E-state index is 3.20. The average Bonchev–Trinajstić information content (AvgIpc) is 2.21. The van der Waals surface area contributed by atoms with Crippen LogP contribution in [0.3, 0.4) is 0 Å². The Labute approximate surface area is 101 Å². The smallest absolute Gasteiger partial charge is 0.0123 e. The largest absolute Gasteiger partial charge is 0.320 e. The number of nitrogens with one attached hydrogen (secondary N) is 1. The molecule has 0 radical (unpaired) electrons. The van der Waals surface area contributed by atoms with Gasteiger partial charge in [0.05, 0.1) is 0 Å². The van der Waals surface area contributed by atoms with Gasteiger partial charge in [-0.2, -0.15) is 0 Å². The molecule has 4 heteroatoms. The molecule has 1 aliphatic rings. The number of rotatable bonds is 6. The maximum atomic E-state index is 3.20. The fraction of sp³-hybridized carbons (Fsp3) is 1.00. The van der Waals surface area contributed by atoms with Crippen molar-refractivity contribution in [1.29, 1.82) is 0 Å². The summed E-state index contributed by atoms with van der Waals surface area (Å²) in [6, 6.07) is 0. The topological polar surface area (TPSA) is 18.5 Å². The molecule has 1 heterocycles. The van der Waals surface area contributed by atoms with Gasteiger partial charge < -0.3 is 15.1 Å². The highest BCUT2D eigenvalue weighted by Crippen LogP contribution is 2.02. The monoisotopic (exact) mass is 311 g/mol. The number of piperazine rings is 1. The maximum Gasteiger partial charge on any atom is 0.0123 e. The molecule has 0 unspecified atom stereocenters. The van der Waals surface area contributed by atoms with Gasteiger partial charge in [-0.25, -0.2) is 0 Å². The zero-order chi connectivity index (χ0) is 10.2. The predicted molar refractivity (Wildman–Crippen MR) is 70.3 cm³/mol. The first-order valence-electron chi connectivity index (χ1n) is 5.52. The van der Waals surface area contributed by atoms with Crippen LogP contribution >= 0.6 is 22.6 Å². The fourth-order valence-electron chi connectivity index (χ4n) is 1.84. The van der Waals surface area contributed by atoms with Crippen molar-refractivity contribution < 1.29 is 0 Å². The summed E-state index contributed by atoms with van der Waals surface area (Å²) >= 11 is 2.46. The summed E-state index contributed by atoms with van der Waals surface area (Å²) in [5.41, 5.74) is 0. The Kier molecular flexibility index (Phi) is 7.10. The Morgan fingerprint density at radius 2 is 1.64 bits per heavy atom.